The number of piperidine rings is 1. The number of aliphatic carboxylic acids is 1. The molecule has 0 aliphatic carbocycles. The lowest BCUT2D eigenvalue weighted by atomic mass is 9.91. The Kier molecular flexibility index (Phi) is 6.66. The minimum Gasteiger partial charge on any atom is -0.481 e. The minimum absolute atomic E-state index is 0.121. The van der Waals surface area contributed by atoms with Crippen molar-refractivity contribution >= 4 is 12.0 Å². The number of amides is 2. The first-order valence-electron chi connectivity index (χ1n) is 8.29. The van der Waals surface area contributed by atoms with Gasteiger partial charge in [0.2, 0.25) is 0 Å². The molecule has 2 amide bonds. The second-order valence-corrected chi connectivity index (χ2v) is 6.49. The minimum atomic E-state index is -0.842. The van der Waals surface area contributed by atoms with Crippen molar-refractivity contribution in [3.05, 3.63) is 24.2 Å². The van der Waals surface area contributed by atoms with Crippen LogP contribution in [0.1, 0.15) is 25.5 Å². The molecule has 2 N–H and O–H groups in total. The van der Waals surface area contributed by atoms with E-state index in [0.29, 0.717) is 32.4 Å². The van der Waals surface area contributed by atoms with Crippen molar-refractivity contribution in [2.24, 2.45) is 11.8 Å². The van der Waals surface area contributed by atoms with E-state index in [1.807, 2.05) is 19.1 Å². The number of hydrogen-bond acceptors (Lipinski definition) is 4. The molecule has 2 rings (SSSR count). The number of carboxylic acid groups (broad SMARTS) is 1. The SMILES string of the molecule is COCCC(Cc1ccco1)NC(=O)N1CC(C)CC(C(=O)O)C1. The summed E-state index contributed by atoms with van der Waals surface area (Å²) in [4.78, 5) is 25.4. The molecule has 1 aliphatic heterocycles. The average molecular weight is 338 g/mol. The number of furan rings is 1. The number of hydrogen-bond donors (Lipinski definition) is 2. The topological polar surface area (TPSA) is 92.0 Å². The van der Waals surface area contributed by atoms with Gasteiger partial charge in [0.1, 0.15) is 5.76 Å². The van der Waals surface area contributed by atoms with Crippen LogP contribution < -0.4 is 5.32 Å². The van der Waals surface area contributed by atoms with Crippen LogP contribution in [-0.4, -0.2) is 54.9 Å². The van der Waals surface area contributed by atoms with E-state index >= 15 is 0 Å². The second kappa shape index (κ2) is 8.73. The fourth-order valence-electron chi connectivity index (χ4n) is 3.12. The number of likely N-dealkylation sites (tertiary alicyclic amines) is 1. The molecule has 3 unspecified atom stereocenters. The number of carbonyl (C=O) groups is 2. The number of urea groups is 1. The fraction of sp³-hybridized carbons (Fsp3) is 0.647. The summed E-state index contributed by atoms with van der Waals surface area (Å²) in [6.07, 6.45) is 3.45. The lowest BCUT2D eigenvalue weighted by molar-refractivity contribution is -0.143. The molecule has 24 heavy (non-hydrogen) atoms. The first kappa shape index (κ1) is 18.3. The third kappa shape index (κ3) is 5.26. The molecule has 3 atom stereocenters. The highest BCUT2D eigenvalue weighted by molar-refractivity contribution is 5.76. The smallest absolute Gasteiger partial charge is 0.317 e. The van der Waals surface area contributed by atoms with Crippen molar-refractivity contribution in [2.45, 2.75) is 32.2 Å². The van der Waals surface area contributed by atoms with Gasteiger partial charge in [0, 0.05) is 39.3 Å². The lowest BCUT2D eigenvalue weighted by Crippen LogP contribution is -2.52. The van der Waals surface area contributed by atoms with Crippen LogP contribution in [0.3, 0.4) is 0 Å². The van der Waals surface area contributed by atoms with Crippen LogP contribution in [0.25, 0.3) is 0 Å². The van der Waals surface area contributed by atoms with Gasteiger partial charge in [-0.25, -0.2) is 4.79 Å². The summed E-state index contributed by atoms with van der Waals surface area (Å²) in [5, 5.41) is 12.2. The predicted molar refractivity (Wildman–Crippen MR) is 87.7 cm³/mol. The van der Waals surface area contributed by atoms with E-state index in [0.717, 1.165) is 5.76 Å². The van der Waals surface area contributed by atoms with Gasteiger partial charge in [-0.2, -0.15) is 0 Å². The van der Waals surface area contributed by atoms with Crippen molar-refractivity contribution in [2.75, 3.05) is 26.8 Å². The monoisotopic (exact) mass is 338 g/mol. The molecular weight excluding hydrogens is 312 g/mol. The van der Waals surface area contributed by atoms with Gasteiger partial charge in [0.15, 0.2) is 0 Å². The van der Waals surface area contributed by atoms with Crippen molar-refractivity contribution in [1.82, 2.24) is 10.2 Å². The largest absolute Gasteiger partial charge is 0.481 e. The molecule has 1 saturated heterocycles. The Hall–Kier alpha value is -2.02. The number of ether oxygens (including phenoxy) is 1. The van der Waals surface area contributed by atoms with Gasteiger partial charge in [-0.15, -0.1) is 0 Å². The molecule has 7 nitrogen and oxygen atoms in total. The summed E-state index contributed by atoms with van der Waals surface area (Å²) in [7, 11) is 1.62. The molecule has 0 spiro atoms. The molecule has 0 bridgehead atoms. The molecule has 7 heteroatoms. The second-order valence-electron chi connectivity index (χ2n) is 6.49. The number of methoxy groups -OCH3 is 1. The summed E-state index contributed by atoms with van der Waals surface area (Å²) < 4.78 is 10.5. The van der Waals surface area contributed by atoms with Crippen LogP contribution in [0, 0.1) is 11.8 Å². The number of carboxylic acids is 1. The standard InChI is InChI=1S/C17H26N2O5/c1-12-8-13(16(20)21)11-19(10-12)17(22)18-14(5-7-23-2)9-15-4-3-6-24-15/h3-4,6,12-14H,5,7-11H2,1-2H3,(H,18,22)(H,20,21). The van der Waals surface area contributed by atoms with E-state index in [2.05, 4.69) is 5.32 Å². The van der Waals surface area contributed by atoms with Crippen molar-refractivity contribution < 1.29 is 23.8 Å². The first-order valence-corrected chi connectivity index (χ1v) is 8.29. The lowest BCUT2D eigenvalue weighted by Gasteiger charge is -2.35. The Morgan fingerprint density at radius 2 is 2.29 bits per heavy atom. The number of rotatable bonds is 7. The van der Waals surface area contributed by atoms with E-state index in [1.165, 1.54) is 0 Å². The first-order chi connectivity index (χ1) is 11.5. The summed E-state index contributed by atoms with van der Waals surface area (Å²) in [6.45, 7) is 3.33. The van der Waals surface area contributed by atoms with Crippen LogP contribution in [0.5, 0.6) is 0 Å². The normalized spacial score (nSPS) is 22.2. The Morgan fingerprint density at radius 1 is 1.50 bits per heavy atom. The maximum Gasteiger partial charge on any atom is 0.317 e. The van der Waals surface area contributed by atoms with Gasteiger partial charge in [-0.3, -0.25) is 4.79 Å². The van der Waals surface area contributed by atoms with E-state index < -0.39 is 11.9 Å². The molecule has 2 heterocycles. The highest BCUT2D eigenvalue weighted by Gasteiger charge is 2.32. The Labute approximate surface area is 142 Å². The van der Waals surface area contributed by atoms with Crippen molar-refractivity contribution in [3.63, 3.8) is 0 Å². The van der Waals surface area contributed by atoms with E-state index in [4.69, 9.17) is 9.15 Å². The maximum absolute atomic E-state index is 12.6. The Bertz CT molecular complexity index is 531. The molecule has 134 valence electrons. The highest BCUT2D eigenvalue weighted by atomic mass is 16.5. The van der Waals surface area contributed by atoms with Crippen LogP contribution in [-0.2, 0) is 16.0 Å². The zero-order chi connectivity index (χ0) is 17.5. The zero-order valence-corrected chi connectivity index (χ0v) is 14.2. The van der Waals surface area contributed by atoms with E-state index in [1.54, 1.807) is 18.3 Å². The van der Waals surface area contributed by atoms with Crippen LogP contribution in [0.4, 0.5) is 4.79 Å². The summed E-state index contributed by atoms with van der Waals surface area (Å²) in [5.74, 6) is -0.368. The quantitative estimate of drug-likeness (QED) is 0.793. The number of nitrogens with one attached hydrogen (secondary N) is 1. The molecule has 1 fully saturated rings. The van der Waals surface area contributed by atoms with E-state index in [-0.39, 0.29) is 24.5 Å². The van der Waals surface area contributed by atoms with Gasteiger partial charge in [0.25, 0.3) is 0 Å². The van der Waals surface area contributed by atoms with Crippen LogP contribution in [0.2, 0.25) is 0 Å². The zero-order valence-electron chi connectivity index (χ0n) is 14.2. The fourth-order valence-corrected chi connectivity index (χ4v) is 3.12. The number of nitrogens with zero attached hydrogens (tertiary/aromatic N) is 1. The van der Waals surface area contributed by atoms with Crippen molar-refractivity contribution in [3.8, 4) is 0 Å². The third-order valence-electron chi connectivity index (χ3n) is 4.32. The third-order valence-corrected chi connectivity index (χ3v) is 4.32. The Balaban J connectivity index is 1.96. The van der Waals surface area contributed by atoms with Gasteiger partial charge < -0.3 is 24.5 Å². The van der Waals surface area contributed by atoms with Crippen LogP contribution in [0.15, 0.2) is 22.8 Å². The molecule has 1 aliphatic rings. The molecule has 0 radical (unpaired) electrons. The molecule has 1 aromatic rings. The number of carbonyl (C=O) groups excluding carboxylic acids is 1. The van der Waals surface area contributed by atoms with Gasteiger partial charge in [-0.05, 0) is 30.9 Å². The molecule has 0 aromatic carbocycles. The van der Waals surface area contributed by atoms with E-state index in [9.17, 15) is 14.7 Å². The molecule has 1 aromatic heterocycles. The summed E-state index contributed by atoms with van der Waals surface area (Å²) in [5.41, 5.74) is 0. The average Bonchev–Trinajstić information content (AvgIpc) is 3.04. The Morgan fingerprint density at radius 3 is 2.92 bits per heavy atom. The maximum atomic E-state index is 12.6. The van der Waals surface area contributed by atoms with Gasteiger partial charge in [0.05, 0.1) is 12.2 Å². The van der Waals surface area contributed by atoms with Crippen LogP contribution >= 0.6 is 0 Å². The van der Waals surface area contributed by atoms with Crippen molar-refractivity contribution in [1.29, 1.82) is 0 Å². The summed E-state index contributed by atoms with van der Waals surface area (Å²) >= 11 is 0. The highest BCUT2D eigenvalue weighted by Crippen LogP contribution is 2.22. The van der Waals surface area contributed by atoms with Gasteiger partial charge in [-0.1, -0.05) is 6.92 Å². The molecule has 0 saturated carbocycles. The predicted octanol–water partition coefficient (Wildman–Crippen LogP) is 1.98. The van der Waals surface area contributed by atoms with Gasteiger partial charge >= 0.3 is 12.0 Å². The molecular formula is C17H26N2O5. The summed E-state index contributed by atoms with van der Waals surface area (Å²) in [6, 6.07) is 3.34.